The smallest absolute Gasteiger partial charge is 0.233 e. The zero-order chi connectivity index (χ0) is 15.0. The molecule has 0 aliphatic carbocycles. The number of hydrogen-bond acceptors (Lipinski definition) is 5. The van der Waals surface area contributed by atoms with Crippen LogP contribution in [0.5, 0.6) is 5.88 Å². The number of halogens is 1. The number of rotatable bonds is 3. The zero-order valence-electron chi connectivity index (χ0n) is 12.4. The van der Waals surface area contributed by atoms with E-state index in [0.29, 0.717) is 11.0 Å². The molecule has 0 spiro atoms. The van der Waals surface area contributed by atoms with Crippen LogP contribution in [0.2, 0.25) is 5.15 Å². The van der Waals surface area contributed by atoms with Gasteiger partial charge in [-0.25, -0.2) is 0 Å². The highest BCUT2D eigenvalue weighted by Crippen LogP contribution is 2.25. The minimum absolute atomic E-state index is 0.561. The van der Waals surface area contributed by atoms with E-state index >= 15 is 0 Å². The van der Waals surface area contributed by atoms with Crippen molar-refractivity contribution in [2.75, 3.05) is 13.7 Å². The molecule has 1 aliphatic rings. The largest absolute Gasteiger partial charge is 0.480 e. The first-order chi connectivity index (χ1) is 10.1. The zero-order valence-corrected chi connectivity index (χ0v) is 13.2. The second-order valence-electron chi connectivity index (χ2n) is 5.30. The Kier molecular flexibility index (Phi) is 3.82. The lowest BCUT2D eigenvalue weighted by atomic mass is 10.1. The summed E-state index contributed by atoms with van der Waals surface area (Å²) >= 11 is 6.31. The molecule has 7 heteroatoms. The topological polar surface area (TPSA) is 56.1 Å². The minimum Gasteiger partial charge on any atom is -0.480 e. The van der Waals surface area contributed by atoms with Crippen molar-refractivity contribution in [2.24, 2.45) is 7.05 Å². The molecular weight excluding hydrogens is 290 g/mol. The van der Waals surface area contributed by atoms with Crippen molar-refractivity contribution < 1.29 is 4.74 Å². The molecule has 0 aromatic carbocycles. The van der Waals surface area contributed by atoms with Crippen molar-refractivity contribution in [3.8, 4) is 5.88 Å². The van der Waals surface area contributed by atoms with Gasteiger partial charge in [-0.1, -0.05) is 11.6 Å². The fraction of sp³-hybridized carbons (Fsp3) is 0.500. The van der Waals surface area contributed by atoms with Gasteiger partial charge in [0.2, 0.25) is 5.88 Å². The molecule has 2 aromatic heterocycles. The highest BCUT2D eigenvalue weighted by molar-refractivity contribution is 6.30. The number of hydrogen-bond donors (Lipinski definition) is 0. The van der Waals surface area contributed by atoms with Gasteiger partial charge in [-0.05, 0) is 12.5 Å². The number of ether oxygens (including phenoxy) is 1. The molecule has 1 aliphatic heterocycles. The molecule has 0 N–H and O–H groups in total. The maximum absolute atomic E-state index is 6.31. The molecule has 21 heavy (non-hydrogen) atoms. The van der Waals surface area contributed by atoms with Crippen LogP contribution in [0, 0.1) is 6.92 Å². The summed E-state index contributed by atoms with van der Waals surface area (Å²) in [6.45, 7) is 4.56. The monoisotopic (exact) mass is 307 g/mol. The van der Waals surface area contributed by atoms with E-state index in [4.69, 9.17) is 16.3 Å². The van der Waals surface area contributed by atoms with Gasteiger partial charge >= 0.3 is 0 Å². The van der Waals surface area contributed by atoms with Crippen molar-refractivity contribution in [1.82, 2.24) is 24.9 Å². The standard InChI is InChI=1S/C14H18ClN5O/c1-9-11(14(15)19(2)18-9)8-20-5-4-12-10(7-20)6-13(21-3)17-16-12/h6H,4-5,7-8H2,1-3H3. The molecular formula is C14H18ClN5O. The first-order valence-electron chi connectivity index (χ1n) is 6.88. The molecule has 3 heterocycles. The third-order valence-corrected chi connectivity index (χ3v) is 4.33. The predicted molar refractivity (Wildman–Crippen MR) is 79.4 cm³/mol. The van der Waals surface area contributed by atoms with E-state index < -0.39 is 0 Å². The summed E-state index contributed by atoms with van der Waals surface area (Å²) in [5.41, 5.74) is 4.31. The van der Waals surface area contributed by atoms with Gasteiger partial charge in [-0.15, -0.1) is 5.10 Å². The second kappa shape index (κ2) is 5.61. The Morgan fingerprint density at radius 1 is 1.38 bits per heavy atom. The van der Waals surface area contributed by atoms with Gasteiger partial charge < -0.3 is 4.74 Å². The van der Waals surface area contributed by atoms with Crippen molar-refractivity contribution in [3.05, 3.63) is 33.7 Å². The number of fused-ring (bicyclic) bond motifs is 1. The molecule has 0 saturated carbocycles. The first-order valence-corrected chi connectivity index (χ1v) is 7.26. The first kappa shape index (κ1) is 14.3. The third kappa shape index (κ3) is 2.73. The molecule has 0 saturated heterocycles. The Morgan fingerprint density at radius 3 is 2.86 bits per heavy atom. The number of aromatic nitrogens is 4. The molecule has 2 aromatic rings. The fourth-order valence-corrected chi connectivity index (χ4v) is 2.91. The Bertz CT molecular complexity index is 670. The molecule has 0 radical (unpaired) electrons. The Balaban J connectivity index is 1.79. The average Bonchev–Trinajstić information content (AvgIpc) is 2.73. The lowest BCUT2D eigenvalue weighted by Gasteiger charge is -2.27. The van der Waals surface area contributed by atoms with Gasteiger partial charge in [0.05, 0.1) is 18.5 Å². The molecule has 3 rings (SSSR count). The summed E-state index contributed by atoms with van der Waals surface area (Å²) in [6, 6.07) is 1.96. The van der Waals surface area contributed by atoms with Crippen molar-refractivity contribution in [1.29, 1.82) is 0 Å². The van der Waals surface area contributed by atoms with Crippen LogP contribution >= 0.6 is 11.6 Å². The summed E-state index contributed by atoms with van der Waals surface area (Å²) in [5, 5.41) is 13.3. The number of methoxy groups -OCH3 is 1. The van der Waals surface area contributed by atoms with Crippen molar-refractivity contribution >= 4 is 11.6 Å². The summed E-state index contributed by atoms with van der Waals surface area (Å²) in [6.07, 6.45) is 0.892. The van der Waals surface area contributed by atoms with Crippen LogP contribution in [0.15, 0.2) is 6.07 Å². The fourth-order valence-electron chi connectivity index (χ4n) is 2.68. The van der Waals surface area contributed by atoms with Crippen molar-refractivity contribution in [2.45, 2.75) is 26.4 Å². The lowest BCUT2D eigenvalue weighted by molar-refractivity contribution is 0.241. The maximum Gasteiger partial charge on any atom is 0.233 e. The van der Waals surface area contributed by atoms with Gasteiger partial charge in [-0.2, -0.15) is 10.2 Å². The predicted octanol–water partition coefficient (Wildman–Crippen LogP) is 1.74. The molecule has 0 atom stereocenters. The SMILES string of the molecule is COc1cc2c(nn1)CCN(Cc1c(C)nn(C)c1Cl)C2. The van der Waals surface area contributed by atoms with E-state index in [0.717, 1.165) is 43.0 Å². The van der Waals surface area contributed by atoms with E-state index in [1.165, 1.54) is 5.56 Å². The quantitative estimate of drug-likeness (QED) is 0.864. The highest BCUT2D eigenvalue weighted by atomic mass is 35.5. The van der Waals surface area contributed by atoms with E-state index in [-0.39, 0.29) is 0 Å². The lowest BCUT2D eigenvalue weighted by Crippen LogP contribution is -2.31. The minimum atomic E-state index is 0.561. The number of aryl methyl sites for hydroxylation is 2. The van der Waals surface area contributed by atoms with Crippen molar-refractivity contribution in [3.63, 3.8) is 0 Å². The Labute approximate surface area is 128 Å². The average molecular weight is 308 g/mol. The molecule has 0 amide bonds. The molecule has 112 valence electrons. The van der Waals surface area contributed by atoms with Crippen LogP contribution in [0.1, 0.15) is 22.5 Å². The Morgan fingerprint density at radius 2 is 2.19 bits per heavy atom. The van der Waals surface area contributed by atoms with Crippen LogP contribution in [0.4, 0.5) is 0 Å². The van der Waals surface area contributed by atoms with Gasteiger partial charge in [0.1, 0.15) is 5.15 Å². The third-order valence-electron chi connectivity index (χ3n) is 3.86. The molecule has 0 unspecified atom stereocenters. The normalized spacial score (nSPS) is 15.0. The van der Waals surface area contributed by atoms with Crippen LogP contribution < -0.4 is 4.74 Å². The second-order valence-corrected chi connectivity index (χ2v) is 5.66. The van der Waals surface area contributed by atoms with Gasteiger partial charge in [0, 0.05) is 44.7 Å². The van der Waals surface area contributed by atoms with Crippen LogP contribution in [-0.4, -0.2) is 38.5 Å². The van der Waals surface area contributed by atoms with E-state index in [1.54, 1.807) is 11.8 Å². The van der Waals surface area contributed by atoms with Gasteiger partial charge in [-0.3, -0.25) is 9.58 Å². The summed E-state index contributed by atoms with van der Waals surface area (Å²) in [5.74, 6) is 0.561. The molecule has 6 nitrogen and oxygen atoms in total. The Hall–Kier alpha value is -1.66. The summed E-state index contributed by atoms with van der Waals surface area (Å²) < 4.78 is 6.87. The highest BCUT2D eigenvalue weighted by Gasteiger charge is 2.21. The van der Waals surface area contributed by atoms with Crippen LogP contribution in [0.3, 0.4) is 0 Å². The van der Waals surface area contributed by atoms with E-state index in [9.17, 15) is 0 Å². The van der Waals surface area contributed by atoms with E-state index in [1.807, 2.05) is 20.0 Å². The summed E-state index contributed by atoms with van der Waals surface area (Å²) in [7, 11) is 3.47. The molecule has 0 fully saturated rings. The number of nitrogens with zero attached hydrogens (tertiary/aromatic N) is 5. The van der Waals surface area contributed by atoms with E-state index in [2.05, 4.69) is 20.2 Å². The summed E-state index contributed by atoms with van der Waals surface area (Å²) in [4.78, 5) is 2.35. The van der Waals surface area contributed by atoms with Crippen LogP contribution in [-0.2, 0) is 26.6 Å². The van der Waals surface area contributed by atoms with Gasteiger partial charge in [0.25, 0.3) is 0 Å². The van der Waals surface area contributed by atoms with Crippen LogP contribution in [0.25, 0.3) is 0 Å². The van der Waals surface area contributed by atoms with Gasteiger partial charge in [0.15, 0.2) is 0 Å². The molecule has 0 bridgehead atoms. The maximum atomic E-state index is 6.31.